The first-order valence-corrected chi connectivity index (χ1v) is 5.09. The zero-order valence-electron chi connectivity index (χ0n) is 9.85. The van der Waals surface area contributed by atoms with Crippen LogP contribution in [0.4, 0.5) is 0 Å². The second-order valence-electron chi connectivity index (χ2n) is 4.15. The highest BCUT2D eigenvalue weighted by atomic mass is 35.5. The van der Waals surface area contributed by atoms with Crippen LogP contribution in [0, 0.1) is 5.92 Å². The SMILES string of the molecule is CN1C(=O)[C@@H](O)[C@@H](C(=O)O)[C@@H]1c1cnn(C)c1.Cl. The molecule has 7 nitrogen and oxygen atoms in total. The molecule has 0 radical (unpaired) electrons. The molecule has 0 saturated carbocycles. The first kappa shape index (κ1) is 14.5. The van der Waals surface area contributed by atoms with E-state index in [0.29, 0.717) is 5.56 Å². The minimum absolute atomic E-state index is 0. The summed E-state index contributed by atoms with van der Waals surface area (Å²) in [6, 6.07) is -0.677. The minimum atomic E-state index is -1.50. The third-order valence-electron chi connectivity index (χ3n) is 3.05. The molecule has 0 unspecified atom stereocenters. The van der Waals surface area contributed by atoms with Crippen molar-refractivity contribution in [2.45, 2.75) is 12.1 Å². The number of aliphatic carboxylic acids is 1. The van der Waals surface area contributed by atoms with Gasteiger partial charge in [-0.2, -0.15) is 5.10 Å². The number of rotatable bonds is 2. The van der Waals surface area contributed by atoms with Crippen LogP contribution in [0.2, 0.25) is 0 Å². The molecule has 2 heterocycles. The van der Waals surface area contributed by atoms with E-state index in [-0.39, 0.29) is 12.4 Å². The Labute approximate surface area is 109 Å². The molecule has 1 fully saturated rings. The van der Waals surface area contributed by atoms with Gasteiger partial charge in [0.2, 0.25) is 0 Å². The van der Waals surface area contributed by atoms with Gasteiger partial charge < -0.3 is 15.1 Å². The minimum Gasteiger partial charge on any atom is -0.481 e. The van der Waals surface area contributed by atoms with Crippen molar-refractivity contribution in [3.8, 4) is 0 Å². The average Bonchev–Trinajstić information content (AvgIpc) is 2.76. The molecule has 2 N–H and O–H groups in total. The monoisotopic (exact) mass is 275 g/mol. The number of amides is 1. The molecule has 1 aliphatic heterocycles. The number of aryl methyl sites for hydroxylation is 1. The molecule has 0 bridgehead atoms. The lowest BCUT2D eigenvalue weighted by atomic mass is 9.94. The van der Waals surface area contributed by atoms with Crippen LogP contribution < -0.4 is 0 Å². The number of halogens is 1. The molecule has 0 aliphatic carbocycles. The molecule has 18 heavy (non-hydrogen) atoms. The van der Waals surface area contributed by atoms with Crippen molar-refractivity contribution in [3.63, 3.8) is 0 Å². The summed E-state index contributed by atoms with van der Waals surface area (Å²) < 4.78 is 1.53. The lowest BCUT2D eigenvalue weighted by Gasteiger charge is -2.21. The fraction of sp³-hybridized carbons (Fsp3) is 0.500. The van der Waals surface area contributed by atoms with Crippen LogP contribution in [0.1, 0.15) is 11.6 Å². The fourth-order valence-electron chi connectivity index (χ4n) is 2.21. The summed E-state index contributed by atoms with van der Waals surface area (Å²) in [6.07, 6.45) is 1.65. The molecule has 1 amide bonds. The third-order valence-corrected chi connectivity index (χ3v) is 3.05. The van der Waals surface area contributed by atoms with Gasteiger partial charge in [0, 0.05) is 25.9 Å². The lowest BCUT2D eigenvalue weighted by Crippen LogP contribution is -2.29. The first-order chi connectivity index (χ1) is 7.93. The van der Waals surface area contributed by atoms with E-state index in [1.165, 1.54) is 22.8 Å². The van der Waals surface area contributed by atoms with E-state index in [0.717, 1.165) is 0 Å². The first-order valence-electron chi connectivity index (χ1n) is 5.09. The molecule has 1 aromatic heterocycles. The van der Waals surface area contributed by atoms with Gasteiger partial charge in [-0.1, -0.05) is 0 Å². The van der Waals surface area contributed by atoms with Gasteiger partial charge >= 0.3 is 5.97 Å². The van der Waals surface area contributed by atoms with Crippen LogP contribution in [-0.4, -0.2) is 49.9 Å². The molecular weight excluding hydrogens is 262 g/mol. The number of carbonyl (C=O) groups excluding carboxylic acids is 1. The van der Waals surface area contributed by atoms with E-state index in [1.54, 1.807) is 13.2 Å². The van der Waals surface area contributed by atoms with Crippen molar-refractivity contribution in [3.05, 3.63) is 18.0 Å². The molecule has 2 rings (SSSR count). The summed E-state index contributed by atoms with van der Waals surface area (Å²) >= 11 is 0. The van der Waals surface area contributed by atoms with Crippen LogP contribution >= 0.6 is 12.4 Å². The Morgan fingerprint density at radius 2 is 2.06 bits per heavy atom. The molecule has 8 heteroatoms. The maximum atomic E-state index is 11.6. The summed E-state index contributed by atoms with van der Waals surface area (Å²) in [7, 11) is 3.18. The van der Waals surface area contributed by atoms with Gasteiger partial charge in [0.25, 0.3) is 5.91 Å². The van der Waals surface area contributed by atoms with Crippen LogP contribution in [0.5, 0.6) is 0 Å². The van der Waals surface area contributed by atoms with E-state index in [4.69, 9.17) is 5.11 Å². The Bertz CT molecular complexity index is 475. The summed E-state index contributed by atoms with van der Waals surface area (Å²) in [6.45, 7) is 0. The van der Waals surface area contributed by atoms with Crippen LogP contribution in [0.15, 0.2) is 12.4 Å². The number of aliphatic hydroxyl groups excluding tert-OH is 1. The quantitative estimate of drug-likeness (QED) is 0.753. The van der Waals surface area contributed by atoms with Crippen LogP contribution in [0.25, 0.3) is 0 Å². The maximum absolute atomic E-state index is 11.6. The Hall–Kier alpha value is -1.60. The topological polar surface area (TPSA) is 95.7 Å². The van der Waals surface area contributed by atoms with Gasteiger partial charge in [-0.05, 0) is 0 Å². The predicted octanol–water partition coefficient (Wildman–Crippen LogP) is -0.583. The zero-order chi connectivity index (χ0) is 12.7. The van der Waals surface area contributed by atoms with Crippen LogP contribution in [-0.2, 0) is 16.6 Å². The van der Waals surface area contributed by atoms with E-state index < -0.39 is 29.9 Å². The number of likely N-dealkylation sites (tertiary alicyclic amines) is 1. The summed E-state index contributed by atoms with van der Waals surface area (Å²) in [5.41, 5.74) is 0.604. The fourth-order valence-corrected chi connectivity index (χ4v) is 2.21. The van der Waals surface area contributed by atoms with Crippen molar-refractivity contribution in [1.29, 1.82) is 0 Å². The van der Waals surface area contributed by atoms with Gasteiger partial charge in [0.05, 0.1) is 12.2 Å². The Kier molecular flexibility index (Phi) is 3.98. The van der Waals surface area contributed by atoms with Crippen molar-refractivity contribution >= 4 is 24.3 Å². The largest absolute Gasteiger partial charge is 0.481 e. The Morgan fingerprint density at radius 1 is 1.44 bits per heavy atom. The Balaban J connectivity index is 0.00000162. The van der Waals surface area contributed by atoms with Gasteiger partial charge in [0.15, 0.2) is 0 Å². The smallest absolute Gasteiger partial charge is 0.312 e. The number of hydrogen-bond donors (Lipinski definition) is 2. The maximum Gasteiger partial charge on any atom is 0.312 e. The van der Waals surface area contributed by atoms with Crippen molar-refractivity contribution in [1.82, 2.24) is 14.7 Å². The van der Waals surface area contributed by atoms with E-state index >= 15 is 0 Å². The predicted molar refractivity (Wildman–Crippen MR) is 63.1 cm³/mol. The van der Waals surface area contributed by atoms with Crippen molar-refractivity contribution in [2.75, 3.05) is 7.05 Å². The third kappa shape index (κ3) is 2.06. The highest BCUT2D eigenvalue weighted by Gasteiger charge is 2.50. The van der Waals surface area contributed by atoms with Gasteiger partial charge in [0.1, 0.15) is 12.0 Å². The summed E-state index contributed by atoms with van der Waals surface area (Å²) in [5, 5.41) is 22.7. The molecule has 1 aromatic rings. The standard InChI is InChI=1S/C10H13N3O4.ClH/c1-12-4-5(3-11-12)7-6(10(16)17)8(14)9(15)13(7)2;/h3-4,6-8,14H,1-2H3,(H,16,17);1H/t6-,7-,8-;/m0./s1. The summed E-state index contributed by atoms with van der Waals surface area (Å²) in [5.74, 6) is -2.92. The number of carboxylic acids is 1. The van der Waals surface area contributed by atoms with Crippen molar-refractivity contribution < 1.29 is 19.8 Å². The summed E-state index contributed by atoms with van der Waals surface area (Å²) in [4.78, 5) is 24.0. The molecule has 0 aromatic carbocycles. The molecular formula is C10H14ClN3O4. The highest BCUT2D eigenvalue weighted by molar-refractivity contribution is 5.91. The average molecular weight is 276 g/mol. The number of carboxylic acid groups (broad SMARTS) is 1. The molecule has 1 saturated heterocycles. The van der Waals surface area contributed by atoms with Gasteiger partial charge in [-0.3, -0.25) is 14.3 Å². The van der Waals surface area contributed by atoms with Crippen LogP contribution in [0.3, 0.4) is 0 Å². The number of aromatic nitrogens is 2. The number of hydrogen-bond acceptors (Lipinski definition) is 4. The number of nitrogens with zero attached hydrogens (tertiary/aromatic N) is 3. The molecule has 1 aliphatic rings. The second-order valence-corrected chi connectivity index (χ2v) is 4.15. The van der Waals surface area contributed by atoms with Gasteiger partial charge in [-0.15, -0.1) is 12.4 Å². The normalized spacial score (nSPS) is 27.2. The molecule has 3 atom stereocenters. The number of carbonyl (C=O) groups is 2. The lowest BCUT2D eigenvalue weighted by molar-refractivity contribution is -0.147. The number of likely N-dealkylation sites (N-methyl/N-ethyl adjacent to an activating group) is 1. The zero-order valence-corrected chi connectivity index (χ0v) is 10.7. The van der Waals surface area contributed by atoms with E-state index in [2.05, 4.69) is 5.10 Å². The second kappa shape index (κ2) is 4.95. The molecule has 100 valence electrons. The Morgan fingerprint density at radius 3 is 2.50 bits per heavy atom. The van der Waals surface area contributed by atoms with E-state index in [1.807, 2.05) is 0 Å². The van der Waals surface area contributed by atoms with Crippen molar-refractivity contribution in [2.24, 2.45) is 13.0 Å². The molecule has 0 spiro atoms. The number of aliphatic hydroxyl groups is 1. The highest BCUT2D eigenvalue weighted by Crippen LogP contribution is 2.37. The van der Waals surface area contributed by atoms with E-state index in [9.17, 15) is 14.7 Å². The van der Waals surface area contributed by atoms with Gasteiger partial charge in [-0.25, -0.2) is 0 Å².